The summed E-state index contributed by atoms with van der Waals surface area (Å²) in [6, 6.07) is 10.8. The zero-order chi connectivity index (χ0) is 37.2. The molecule has 6 rings (SSSR count). The maximum Gasteiger partial charge on any atom is 0.411 e. The highest BCUT2D eigenvalue weighted by molar-refractivity contribution is 9.11. The molecule has 284 valence electrons. The quantitative estimate of drug-likeness (QED) is 0.271. The van der Waals surface area contributed by atoms with E-state index in [1.165, 1.54) is 0 Å². The maximum absolute atomic E-state index is 14.1. The Morgan fingerprint density at radius 2 is 1.63 bits per heavy atom. The van der Waals surface area contributed by atoms with Crippen LogP contribution in [-0.2, 0) is 32.6 Å². The number of ether oxygens (including phenoxy) is 1. The molecule has 2 atom stereocenters. The van der Waals surface area contributed by atoms with Crippen molar-refractivity contribution in [1.29, 1.82) is 0 Å². The third-order valence-electron chi connectivity index (χ3n) is 11.7. The first-order valence-corrected chi connectivity index (χ1v) is 21.4. The number of halogens is 2. The molecular weight excluding hydrogens is 818 g/mol. The number of sulfonamides is 1. The Morgan fingerprint density at radius 3 is 2.27 bits per heavy atom. The summed E-state index contributed by atoms with van der Waals surface area (Å²) in [6.45, 7) is 6.65. The van der Waals surface area contributed by atoms with E-state index in [1.807, 2.05) is 29.2 Å². The van der Waals surface area contributed by atoms with Crippen LogP contribution >= 0.6 is 31.9 Å². The van der Waals surface area contributed by atoms with E-state index in [4.69, 9.17) is 4.74 Å². The second-order valence-corrected chi connectivity index (χ2v) is 19.0. The zero-order valence-electron chi connectivity index (χ0n) is 29.8. The summed E-state index contributed by atoms with van der Waals surface area (Å²) >= 11 is 6.69. The van der Waals surface area contributed by atoms with Crippen LogP contribution in [0.4, 0.5) is 15.3 Å². The number of aromatic hydroxyl groups is 1. The second-order valence-electron chi connectivity index (χ2n) is 14.8. The fourth-order valence-corrected chi connectivity index (χ4v) is 11.3. The van der Waals surface area contributed by atoms with Gasteiger partial charge in [0.15, 0.2) is 0 Å². The molecule has 0 bridgehead atoms. The molecule has 3 saturated heterocycles. The minimum atomic E-state index is -3.28. The minimum Gasteiger partial charge on any atom is -0.506 e. The first kappa shape index (κ1) is 39.0. The van der Waals surface area contributed by atoms with E-state index in [9.17, 15) is 27.9 Å². The first-order chi connectivity index (χ1) is 24.8. The molecule has 2 aromatic carbocycles. The van der Waals surface area contributed by atoms with Gasteiger partial charge in [-0.05, 0) is 125 Å². The molecule has 15 heteroatoms. The van der Waals surface area contributed by atoms with Gasteiger partial charge < -0.3 is 24.9 Å². The number of hydrogen-bond donors (Lipinski definition) is 2. The molecule has 0 radical (unpaired) electrons. The van der Waals surface area contributed by atoms with Gasteiger partial charge in [-0.15, -0.1) is 0 Å². The smallest absolute Gasteiger partial charge is 0.411 e. The van der Waals surface area contributed by atoms with Gasteiger partial charge in [0.1, 0.15) is 24.3 Å². The highest BCUT2D eigenvalue weighted by atomic mass is 79.9. The van der Waals surface area contributed by atoms with Crippen LogP contribution in [0.25, 0.3) is 0 Å². The molecule has 1 unspecified atom stereocenters. The Kier molecular flexibility index (Phi) is 12.2. The minimum absolute atomic E-state index is 0.0342. The zero-order valence-corrected chi connectivity index (χ0v) is 33.8. The summed E-state index contributed by atoms with van der Waals surface area (Å²) < 4.78 is 34.1. The van der Waals surface area contributed by atoms with Crippen molar-refractivity contribution in [2.24, 2.45) is 11.8 Å². The van der Waals surface area contributed by atoms with Gasteiger partial charge in [-0.25, -0.2) is 22.3 Å². The number of carbonyl (C=O) groups is 3. The lowest BCUT2D eigenvalue weighted by molar-refractivity contribution is -0.128. The number of aldehydes is 1. The van der Waals surface area contributed by atoms with E-state index in [1.54, 1.807) is 35.2 Å². The highest BCUT2D eigenvalue weighted by Gasteiger charge is 2.52. The fourth-order valence-electron chi connectivity index (χ4n) is 8.71. The number of piperidine rings is 3. The third-order valence-corrected chi connectivity index (χ3v) is 15.1. The van der Waals surface area contributed by atoms with Gasteiger partial charge in [0.2, 0.25) is 10.0 Å². The Hall–Kier alpha value is -2.72. The number of carbonyl (C=O) groups excluding carboxylic acids is 3. The number of anilines is 1. The maximum atomic E-state index is 14.1. The fraction of sp³-hybridized carbons (Fsp3) is 0.595. The average Bonchev–Trinajstić information content (AvgIpc) is 3.30. The first-order valence-electron chi connectivity index (χ1n) is 18.3. The summed E-state index contributed by atoms with van der Waals surface area (Å²) in [5.74, 6) is 0.876. The van der Waals surface area contributed by atoms with Crippen molar-refractivity contribution in [2.75, 3.05) is 44.6 Å². The summed E-state index contributed by atoms with van der Waals surface area (Å²) in [6.07, 6.45) is 5.43. The monoisotopic (exact) mass is 865 g/mol. The van der Waals surface area contributed by atoms with Crippen LogP contribution in [0.3, 0.4) is 0 Å². The van der Waals surface area contributed by atoms with Crippen molar-refractivity contribution in [3.63, 3.8) is 0 Å². The number of benzene rings is 2. The van der Waals surface area contributed by atoms with Crippen LogP contribution in [0.15, 0.2) is 45.3 Å². The van der Waals surface area contributed by atoms with Crippen molar-refractivity contribution in [3.8, 4) is 5.75 Å². The van der Waals surface area contributed by atoms with Gasteiger partial charge in [0, 0.05) is 63.8 Å². The molecule has 0 spiro atoms. The number of fused-ring (bicyclic) bond motifs is 1. The lowest BCUT2D eigenvalue weighted by Crippen LogP contribution is -2.69. The Labute approximate surface area is 323 Å². The van der Waals surface area contributed by atoms with E-state index in [0.717, 1.165) is 43.2 Å². The van der Waals surface area contributed by atoms with E-state index in [0.29, 0.717) is 84.9 Å². The molecule has 3 fully saturated rings. The molecule has 0 aliphatic carbocycles. The number of hydrogen-bond acceptors (Lipinski definition) is 8. The summed E-state index contributed by atoms with van der Waals surface area (Å²) in [4.78, 5) is 46.2. The lowest BCUT2D eigenvalue weighted by Gasteiger charge is -2.57. The Balaban J connectivity index is 1.21. The van der Waals surface area contributed by atoms with E-state index in [-0.39, 0.29) is 30.9 Å². The molecular formula is C37H49Br2N5O7S. The molecule has 52 heavy (non-hydrogen) atoms. The molecule has 4 heterocycles. The van der Waals surface area contributed by atoms with Gasteiger partial charge in [0.25, 0.3) is 0 Å². The number of nitrogens with zero attached hydrogens (tertiary/aromatic N) is 4. The third kappa shape index (κ3) is 8.03. The number of nitrogens with one attached hydrogen (secondary N) is 1. The predicted octanol–water partition coefficient (Wildman–Crippen LogP) is 6.56. The van der Waals surface area contributed by atoms with E-state index in [2.05, 4.69) is 42.1 Å². The predicted molar refractivity (Wildman–Crippen MR) is 205 cm³/mol. The number of rotatable bonds is 9. The van der Waals surface area contributed by atoms with Gasteiger partial charge in [-0.2, -0.15) is 0 Å². The SMILES string of the molecule is CC(C)S(=O)(=O)N1CCC(C2CCN([C@]3(CC=O)CC(N4CCc5ccccc5NC4=O)CCN3C(=O)OCc3cc(Br)c(O)c(Br)c3)CC2)CC1. The van der Waals surface area contributed by atoms with Gasteiger partial charge in [-0.1, -0.05) is 18.2 Å². The number of amides is 3. The number of phenolic OH excluding ortho intramolecular Hbond substituents is 1. The van der Waals surface area contributed by atoms with Crippen molar-refractivity contribution in [3.05, 3.63) is 56.5 Å². The molecule has 0 aromatic heterocycles. The number of likely N-dealkylation sites (tertiary alicyclic amines) is 2. The highest BCUT2D eigenvalue weighted by Crippen LogP contribution is 2.42. The van der Waals surface area contributed by atoms with Crippen LogP contribution < -0.4 is 5.32 Å². The number of phenols is 1. The van der Waals surface area contributed by atoms with Crippen LogP contribution in [-0.4, -0.2) is 107 Å². The van der Waals surface area contributed by atoms with E-state index >= 15 is 0 Å². The van der Waals surface area contributed by atoms with Crippen molar-refractivity contribution in [2.45, 2.75) is 88.8 Å². The second kappa shape index (κ2) is 16.3. The summed E-state index contributed by atoms with van der Waals surface area (Å²) in [5, 5.41) is 12.8. The molecule has 4 aliphatic heterocycles. The van der Waals surface area contributed by atoms with E-state index < -0.39 is 27.0 Å². The Morgan fingerprint density at radius 1 is 1.00 bits per heavy atom. The van der Waals surface area contributed by atoms with Gasteiger partial charge >= 0.3 is 12.1 Å². The van der Waals surface area contributed by atoms with Crippen LogP contribution in [0.1, 0.15) is 69.9 Å². The lowest BCUT2D eigenvalue weighted by atomic mass is 9.77. The largest absolute Gasteiger partial charge is 0.506 e. The molecule has 12 nitrogen and oxygen atoms in total. The van der Waals surface area contributed by atoms with Crippen molar-refractivity contribution < 1.29 is 32.6 Å². The number of para-hydroxylation sites is 1. The average molecular weight is 868 g/mol. The van der Waals surface area contributed by atoms with Crippen molar-refractivity contribution >= 4 is 66.0 Å². The standard InChI is InChI=1S/C37H49Br2N5O7S/c1-25(2)52(49,50)42-16-9-28(10-17-42)27-7-14-41(15-8-27)37(13-20-45)23-30(43-18-11-29-5-3-4-6-33(29)40-35(43)47)12-19-44(37)36(48)51-24-26-21-31(38)34(46)32(39)22-26/h3-6,20-22,25,27-28,30,46H,7-19,23-24H2,1-2H3,(H,40,47)/t30?,37-/m0/s1. The van der Waals surface area contributed by atoms with Crippen LogP contribution in [0, 0.1) is 11.8 Å². The molecule has 2 aromatic rings. The molecule has 0 saturated carbocycles. The van der Waals surface area contributed by atoms with Gasteiger partial charge in [-0.3, -0.25) is 9.80 Å². The van der Waals surface area contributed by atoms with Crippen molar-refractivity contribution in [1.82, 2.24) is 19.0 Å². The van der Waals surface area contributed by atoms with Crippen LogP contribution in [0.2, 0.25) is 0 Å². The Bertz CT molecular complexity index is 1720. The van der Waals surface area contributed by atoms with Crippen LogP contribution in [0.5, 0.6) is 5.75 Å². The molecule has 2 N–H and O–H groups in total. The summed E-state index contributed by atoms with van der Waals surface area (Å²) in [5.41, 5.74) is 1.55. The van der Waals surface area contributed by atoms with Gasteiger partial charge in [0.05, 0.1) is 14.2 Å². The molecule has 3 amide bonds. The normalized spacial score (nSPS) is 24.3. The number of urea groups is 1. The molecule has 4 aliphatic rings. The topological polar surface area (TPSA) is 140 Å². The summed E-state index contributed by atoms with van der Waals surface area (Å²) in [7, 11) is -3.28.